The second-order valence-corrected chi connectivity index (χ2v) is 4.52. The van der Waals surface area contributed by atoms with E-state index in [2.05, 4.69) is 5.32 Å². The van der Waals surface area contributed by atoms with Crippen molar-refractivity contribution in [2.75, 3.05) is 11.1 Å². The van der Waals surface area contributed by atoms with Crippen molar-refractivity contribution in [3.05, 3.63) is 58.1 Å². The summed E-state index contributed by atoms with van der Waals surface area (Å²) < 4.78 is 0. The van der Waals surface area contributed by atoms with Crippen LogP contribution < -0.4 is 11.1 Å². The largest absolute Gasteiger partial charge is 0.399 e. The Morgan fingerprint density at radius 2 is 1.83 bits per heavy atom. The molecule has 2 rings (SSSR count). The molecule has 2 aromatic rings. The summed E-state index contributed by atoms with van der Waals surface area (Å²) in [6.45, 7) is 0. The van der Waals surface area contributed by atoms with Gasteiger partial charge in [-0.15, -0.1) is 0 Å². The molecule has 5 heteroatoms. The van der Waals surface area contributed by atoms with Crippen molar-refractivity contribution in [2.45, 2.75) is 0 Å². The fourth-order valence-corrected chi connectivity index (χ4v) is 1.76. The SMILES string of the molecule is Nc1cccc(NC(=O)c2ccc(Cl)c(Cl)c2)c1. The van der Waals surface area contributed by atoms with E-state index >= 15 is 0 Å². The van der Waals surface area contributed by atoms with Gasteiger partial charge in [-0.3, -0.25) is 4.79 Å². The molecule has 92 valence electrons. The van der Waals surface area contributed by atoms with Gasteiger partial charge in [0.1, 0.15) is 0 Å². The Bertz CT molecular complexity index is 599. The van der Waals surface area contributed by atoms with Gasteiger partial charge in [0, 0.05) is 16.9 Å². The van der Waals surface area contributed by atoms with Gasteiger partial charge in [0.25, 0.3) is 5.91 Å². The Kier molecular flexibility index (Phi) is 3.75. The summed E-state index contributed by atoms with van der Waals surface area (Å²) in [6, 6.07) is 11.6. The normalized spacial score (nSPS) is 10.1. The van der Waals surface area contributed by atoms with E-state index in [1.165, 1.54) is 6.07 Å². The summed E-state index contributed by atoms with van der Waals surface area (Å²) in [5.41, 5.74) is 7.28. The molecule has 0 atom stereocenters. The number of nitrogen functional groups attached to an aromatic ring is 1. The topological polar surface area (TPSA) is 55.1 Å². The average Bonchev–Trinajstić information content (AvgIpc) is 2.32. The number of carbonyl (C=O) groups excluding carboxylic acids is 1. The number of amides is 1. The lowest BCUT2D eigenvalue weighted by atomic mass is 10.2. The van der Waals surface area contributed by atoms with Crippen LogP contribution in [0.1, 0.15) is 10.4 Å². The first-order valence-corrected chi connectivity index (χ1v) is 5.94. The van der Waals surface area contributed by atoms with Crippen molar-refractivity contribution in [2.24, 2.45) is 0 Å². The molecule has 0 aliphatic heterocycles. The Morgan fingerprint density at radius 1 is 1.06 bits per heavy atom. The summed E-state index contributed by atoms with van der Waals surface area (Å²) in [5, 5.41) is 3.48. The van der Waals surface area contributed by atoms with Crippen molar-refractivity contribution in [3.8, 4) is 0 Å². The number of halogens is 2. The second-order valence-electron chi connectivity index (χ2n) is 3.71. The van der Waals surface area contributed by atoms with Crippen molar-refractivity contribution < 1.29 is 4.79 Å². The van der Waals surface area contributed by atoms with Crippen molar-refractivity contribution in [3.63, 3.8) is 0 Å². The van der Waals surface area contributed by atoms with E-state index in [1.54, 1.807) is 36.4 Å². The Hall–Kier alpha value is -1.71. The number of hydrogen-bond donors (Lipinski definition) is 2. The number of rotatable bonds is 2. The zero-order valence-corrected chi connectivity index (χ0v) is 10.8. The monoisotopic (exact) mass is 280 g/mol. The minimum atomic E-state index is -0.265. The van der Waals surface area contributed by atoms with E-state index < -0.39 is 0 Å². The van der Waals surface area contributed by atoms with E-state index in [-0.39, 0.29) is 5.91 Å². The molecule has 2 aromatic carbocycles. The maximum absolute atomic E-state index is 11.9. The molecule has 3 N–H and O–H groups in total. The predicted molar refractivity (Wildman–Crippen MR) is 75.3 cm³/mol. The molecular formula is C13H10Cl2N2O. The van der Waals surface area contributed by atoms with Gasteiger partial charge in [0.2, 0.25) is 0 Å². The molecule has 18 heavy (non-hydrogen) atoms. The predicted octanol–water partition coefficient (Wildman–Crippen LogP) is 3.83. The van der Waals surface area contributed by atoms with E-state index in [0.717, 1.165) is 0 Å². The van der Waals surface area contributed by atoms with Crippen LogP contribution in [0, 0.1) is 0 Å². The van der Waals surface area contributed by atoms with Gasteiger partial charge in [-0.2, -0.15) is 0 Å². The Balaban J connectivity index is 2.19. The van der Waals surface area contributed by atoms with Crippen LogP contribution in [-0.2, 0) is 0 Å². The highest BCUT2D eigenvalue weighted by Crippen LogP contribution is 2.23. The highest BCUT2D eigenvalue weighted by Gasteiger charge is 2.08. The zero-order chi connectivity index (χ0) is 13.1. The standard InChI is InChI=1S/C13H10Cl2N2O/c14-11-5-4-8(6-12(11)15)13(18)17-10-3-1-2-9(16)7-10/h1-7H,16H2,(H,17,18). The Labute approximate surface area is 115 Å². The van der Waals surface area contributed by atoms with Gasteiger partial charge in [0.05, 0.1) is 10.0 Å². The van der Waals surface area contributed by atoms with E-state index in [9.17, 15) is 4.79 Å². The Morgan fingerprint density at radius 3 is 2.50 bits per heavy atom. The summed E-state index contributed by atoms with van der Waals surface area (Å²) in [7, 11) is 0. The van der Waals surface area contributed by atoms with Gasteiger partial charge in [0.15, 0.2) is 0 Å². The lowest BCUT2D eigenvalue weighted by Crippen LogP contribution is -2.11. The van der Waals surface area contributed by atoms with Crippen molar-refractivity contribution >= 4 is 40.5 Å². The fraction of sp³-hybridized carbons (Fsp3) is 0. The molecular weight excluding hydrogens is 271 g/mol. The van der Waals surface area contributed by atoms with E-state index in [1.807, 2.05) is 0 Å². The van der Waals surface area contributed by atoms with Crippen molar-refractivity contribution in [1.82, 2.24) is 0 Å². The first kappa shape index (κ1) is 12.7. The minimum Gasteiger partial charge on any atom is -0.399 e. The van der Waals surface area contributed by atoms with Gasteiger partial charge < -0.3 is 11.1 Å². The molecule has 0 fully saturated rings. The number of nitrogens with one attached hydrogen (secondary N) is 1. The third kappa shape index (κ3) is 2.94. The molecule has 1 amide bonds. The molecule has 0 spiro atoms. The fourth-order valence-electron chi connectivity index (χ4n) is 1.46. The number of anilines is 2. The summed E-state index contributed by atoms with van der Waals surface area (Å²) in [5.74, 6) is -0.265. The van der Waals surface area contributed by atoms with Crippen molar-refractivity contribution in [1.29, 1.82) is 0 Å². The number of benzene rings is 2. The lowest BCUT2D eigenvalue weighted by Gasteiger charge is -2.06. The molecule has 0 saturated carbocycles. The van der Waals surface area contributed by atoms with Gasteiger partial charge in [-0.1, -0.05) is 29.3 Å². The molecule has 0 unspecified atom stereocenters. The maximum atomic E-state index is 11.9. The van der Waals surface area contributed by atoms with Crippen LogP contribution >= 0.6 is 23.2 Å². The number of nitrogens with two attached hydrogens (primary N) is 1. The first-order chi connectivity index (χ1) is 8.56. The third-order valence-electron chi connectivity index (χ3n) is 2.33. The summed E-state index contributed by atoms with van der Waals surface area (Å²) in [4.78, 5) is 11.9. The maximum Gasteiger partial charge on any atom is 0.255 e. The number of carbonyl (C=O) groups is 1. The molecule has 0 aromatic heterocycles. The minimum absolute atomic E-state index is 0.265. The van der Waals surface area contributed by atoms with E-state index in [0.29, 0.717) is 27.0 Å². The third-order valence-corrected chi connectivity index (χ3v) is 3.07. The molecule has 0 bridgehead atoms. The molecule has 0 heterocycles. The molecule has 0 radical (unpaired) electrons. The van der Waals surface area contributed by atoms with Gasteiger partial charge in [-0.05, 0) is 36.4 Å². The van der Waals surface area contributed by atoms with E-state index in [4.69, 9.17) is 28.9 Å². The average molecular weight is 281 g/mol. The molecule has 0 aliphatic carbocycles. The van der Waals surface area contributed by atoms with Crippen LogP contribution in [0.4, 0.5) is 11.4 Å². The van der Waals surface area contributed by atoms with Gasteiger partial charge >= 0.3 is 0 Å². The number of hydrogen-bond acceptors (Lipinski definition) is 2. The van der Waals surface area contributed by atoms with Gasteiger partial charge in [-0.25, -0.2) is 0 Å². The summed E-state index contributed by atoms with van der Waals surface area (Å²) >= 11 is 11.6. The lowest BCUT2D eigenvalue weighted by molar-refractivity contribution is 0.102. The van der Waals surface area contributed by atoms with Crippen LogP contribution in [0.2, 0.25) is 10.0 Å². The molecule has 0 aliphatic rings. The molecule has 0 saturated heterocycles. The van der Waals surface area contributed by atoms with Crippen LogP contribution in [-0.4, -0.2) is 5.91 Å². The van der Waals surface area contributed by atoms with Crippen LogP contribution in [0.3, 0.4) is 0 Å². The smallest absolute Gasteiger partial charge is 0.255 e. The zero-order valence-electron chi connectivity index (χ0n) is 9.28. The first-order valence-electron chi connectivity index (χ1n) is 5.18. The summed E-state index contributed by atoms with van der Waals surface area (Å²) in [6.07, 6.45) is 0. The quantitative estimate of drug-likeness (QED) is 0.822. The van der Waals surface area contributed by atoms with Crippen LogP contribution in [0.5, 0.6) is 0 Å². The second kappa shape index (κ2) is 5.29. The highest BCUT2D eigenvalue weighted by atomic mass is 35.5. The highest BCUT2D eigenvalue weighted by molar-refractivity contribution is 6.42. The van der Waals surface area contributed by atoms with Crippen LogP contribution in [0.25, 0.3) is 0 Å². The van der Waals surface area contributed by atoms with Crippen LogP contribution in [0.15, 0.2) is 42.5 Å². The molecule has 3 nitrogen and oxygen atoms in total.